The summed E-state index contributed by atoms with van der Waals surface area (Å²) >= 11 is 0. The molecule has 0 radical (unpaired) electrons. The second-order valence-corrected chi connectivity index (χ2v) is 6.98. The number of guanidine groups is 1. The van der Waals surface area contributed by atoms with Gasteiger partial charge in [0.1, 0.15) is 0 Å². The molecule has 1 unspecified atom stereocenters. The summed E-state index contributed by atoms with van der Waals surface area (Å²) < 4.78 is 18.1. The Bertz CT molecular complexity index is 842. The SMILES string of the molecule is CN=C(NCc1cc(OC)c(OC)c(OC)c1)NC(C)Cc1c(C)nn(C)c1C.I. The minimum Gasteiger partial charge on any atom is -0.493 e. The zero-order chi connectivity index (χ0) is 21.6. The third-order valence-electron chi connectivity index (χ3n) is 4.96. The van der Waals surface area contributed by atoms with Crippen LogP contribution in [0.2, 0.25) is 0 Å². The summed E-state index contributed by atoms with van der Waals surface area (Å²) in [4.78, 5) is 4.34. The molecule has 0 saturated carbocycles. The Labute approximate surface area is 196 Å². The van der Waals surface area contributed by atoms with Crippen LogP contribution in [-0.2, 0) is 20.0 Å². The highest BCUT2D eigenvalue weighted by molar-refractivity contribution is 14.0. The molecule has 8 nitrogen and oxygen atoms in total. The van der Waals surface area contributed by atoms with Crippen molar-refractivity contribution in [2.24, 2.45) is 12.0 Å². The number of aliphatic imine (C=N–C) groups is 1. The Kier molecular flexibility index (Phi) is 10.2. The lowest BCUT2D eigenvalue weighted by Gasteiger charge is -2.19. The van der Waals surface area contributed by atoms with Crippen LogP contribution in [0.15, 0.2) is 17.1 Å². The van der Waals surface area contributed by atoms with E-state index in [0.717, 1.165) is 23.6 Å². The van der Waals surface area contributed by atoms with Crippen molar-refractivity contribution in [3.05, 3.63) is 34.6 Å². The van der Waals surface area contributed by atoms with Crippen LogP contribution in [0.3, 0.4) is 0 Å². The Morgan fingerprint density at radius 1 is 1.13 bits per heavy atom. The molecular weight excluding hydrogens is 497 g/mol. The quantitative estimate of drug-likeness (QED) is 0.310. The maximum Gasteiger partial charge on any atom is 0.203 e. The third kappa shape index (κ3) is 6.16. The molecule has 0 aliphatic heterocycles. The minimum absolute atomic E-state index is 0. The van der Waals surface area contributed by atoms with Gasteiger partial charge < -0.3 is 24.8 Å². The summed E-state index contributed by atoms with van der Waals surface area (Å²) in [5.41, 5.74) is 4.53. The fraction of sp³-hybridized carbons (Fsp3) is 0.524. The molecular formula is C21H34IN5O3. The summed E-state index contributed by atoms with van der Waals surface area (Å²) in [6.07, 6.45) is 0.871. The molecule has 0 aliphatic carbocycles. The second-order valence-electron chi connectivity index (χ2n) is 6.98. The number of hydrogen-bond donors (Lipinski definition) is 2. The highest BCUT2D eigenvalue weighted by Gasteiger charge is 2.15. The van der Waals surface area contributed by atoms with Crippen LogP contribution < -0.4 is 24.8 Å². The lowest BCUT2D eigenvalue weighted by atomic mass is 10.1. The molecule has 1 aromatic carbocycles. The molecule has 0 aliphatic rings. The van der Waals surface area contributed by atoms with E-state index < -0.39 is 0 Å². The van der Waals surface area contributed by atoms with Crippen LogP contribution in [-0.4, -0.2) is 50.2 Å². The van der Waals surface area contributed by atoms with Gasteiger partial charge in [-0.2, -0.15) is 5.10 Å². The molecule has 9 heteroatoms. The first kappa shape index (κ1) is 25.9. The number of hydrogen-bond acceptors (Lipinski definition) is 5. The highest BCUT2D eigenvalue weighted by Crippen LogP contribution is 2.38. The van der Waals surface area contributed by atoms with Crippen molar-refractivity contribution in [3.63, 3.8) is 0 Å². The number of nitrogens with zero attached hydrogens (tertiary/aromatic N) is 3. The number of ether oxygens (including phenoxy) is 3. The Morgan fingerprint density at radius 3 is 2.17 bits per heavy atom. The zero-order valence-corrected chi connectivity index (χ0v) is 21.5. The van der Waals surface area contributed by atoms with E-state index in [2.05, 4.69) is 34.6 Å². The van der Waals surface area contributed by atoms with Crippen molar-refractivity contribution < 1.29 is 14.2 Å². The van der Waals surface area contributed by atoms with Gasteiger partial charge in [-0.15, -0.1) is 24.0 Å². The molecule has 1 heterocycles. The van der Waals surface area contributed by atoms with E-state index in [-0.39, 0.29) is 30.0 Å². The van der Waals surface area contributed by atoms with Gasteiger partial charge in [0, 0.05) is 32.4 Å². The number of nitrogens with one attached hydrogen (secondary N) is 2. The van der Waals surface area contributed by atoms with Gasteiger partial charge in [-0.1, -0.05) is 0 Å². The maximum atomic E-state index is 5.42. The van der Waals surface area contributed by atoms with Crippen molar-refractivity contribution >= 4 is 29.9 Å². The first-order valence-electron chi connectivity index (χ1n) is 9.59. The van der Waals surface area contributed by atoms with Gasteiger partial charge in [-0.05, 0) is 50.5 Å². The minimum atomic E-state index is 0. The van der Waals surface area contributed by atoms with E-state index in [4.69, 9.17) is 14.2 Å². The molecule has 1 aromatic heterocycles. The van der Waals surface area contributed by atoms with Gasteiger partial charge in [0.2, 0.25) is 5.75 Å². The molecule has 168 valence electrons. The van der Waals surface area contributed by atoms with Gasteiger partial charge in [-0.3, -0.25) is 9.67 Å². The van der Waals surface area contributed by atoms with Crippen molar-refractivity contribution in [1.29, 1.82) is 0 Å². The largest absolute Gasteiger partial charge is 0.493 e. The molecule has 0 amide bonds. The first-order chi connectivity index (χ1) is 13.8. The predicted octanol–water partition coefficient (Wildman–Crippen LogP) is 2.98. The van der Waals surface area contributed by atoms with E-state index in [1.54, 1.807) is 28.4 Å². The summed E-state index contributed by atoms with van der Waals surface area (Å²) in [6.45, 7) is 6.85. The summed E-state index contributed by atoms with van der Waals surface area (Å²) in [6, 6.07) is 4.05. The van der Waals surface area contributed by atoms with Crippen LogP contribution in [0.4, 0.5) is 0 Å². The first-order valence-corrected chi connectivity index (χ1v) is 9.59. The summed E-state index contributed by atoms with van der Waals surface area (Å²) in [5, 5.41) is 11.3. The lowest BCUT2D eigenvalue weighted by molar-refractivity contribution is 0.323. The van der Waals surface area contributed by atoms with E-state index >= 15 is 0 Å². The molecule has 2 N–H and O–H groups in total. The fourth-order valence-corrected chi connectivity index (χ4v) is 3.32. The molecule has 0 bridgehead atoms. The number of halogens is 1. The molecule has 2 rings (SSSR count). The summed E-state index contributed by atoms with van der Waals surface area (Å²) in [7, 11) is 8.55. The monoisotopic (exact) mass is 531 g/mol. The van der Waals surface area contributed by atoms with E-state index in [1.807, 2.05) is 30.8 Å². The van der Waals surface area contributed by atoms with Crippen molar-refractivity contribution in [2.75, 3.05) is 28.4 Å². The summed E-state index contributed by atoms with van der Waals surface area (Å²) in [5.74, 6) is 2.56. The van der Waals surface area contributed by atoms with Crippen molar-refractivity contribution in [3.8, 4) is 17.2 Å². The van der Waals surface area contributed by atoms with Crippen LogP contribution in [0.5, 0.6) is 17.2 Å². The number of aromatic nitrogens is 2. The Balaban J connectivity index is 0.00000450. The number of rotatable bonds is 8. The van der Waals surface area contributed by atoms with E-state index in [0.29, 0.717) is 23.8 Å². The van der Waals surface area contributed by atoms with Crippen molar-refractivity contribution in [1.82, 2.24) is 20.4 Å². The third-order valence-corrected chi connectivity index (χ3v) is 4.96. The lowest BCUT2D eigenvalue weighted by Crippen LogP contribution is -2.42. The average Bonchev–Trinajstić information content (AvgIpc) is 2.95. The number of methoxy groups -OCH3 is 3. The van der Waals surface area contributed by atoms with E-state index in [9.17, 15) is 0 Å². The second kappa shape index (κ2) is 11.9. The van der Waals surface area contributed by atoms with Gasteiger partial charge in [-0.25, -0.2) is 0 Å². The molecule has 0 spiro atoms. The number of aryl methyl sites for hydroxylation is 2. The van der Waals surface area contributed by atoms with E-state index in [1.165, 1.54) is 11.3 Å². The Morgan fingerprint density at radius 2 is 1.73 bits per heavy atom. The predicted molar refractivity (Wildman–Crippen MR) is 131 cm³/mol. The smallest absolute Gasteiger partial charge is 0.203 e. The number of benzene rings is 1. The fourth-order valence-electron chi connectivity index (χ4n) is 3.32. The van der Waals surface area contributed by atoms with Crippen LogP contribution >= 0.6 is 24.0 Å². The van der Waals surface area contributed by atoms with Crippen LogP contribution in [0.25, 0.3) is 0 Å². The average molecular weight is 531 g/mol. The zero-order valence-electron chi connectivity index (χ0n) is 19.1. The maximum absolute atomic E-state index is 5.42. The topological polar surface area (TPSA) is 81.9 Å². The molecule has 30 heavy (non-hydrogen) atoms. The van der Waals surface area contributed by atoms with Crippen molar-refractivity contribution in [2.45, 2.75) is 39.8 Å². The standard InChI is InChI=1S/C21H33N5O3.HI/c1-13(9-17-14(2)25-26(5)15(17)3)24-21(22-4)23-12-16-10-18(27-6)20(29-8)19(11-16)28-7;/h10-11,13H,9,12H2,1-8H3,(H2,22,23,24);1H. The molecule has 0 saturated heterocycles. The van der Waals surface area contributed by atoms with Gasteiger partial charge >= 0.3 is 0 Å². The normalized spacial score (nSPS) is 12.1. The molecule has 1 atom stereocenters. The van der Waals surface area contributed by atoms with Gasteiger partial charge in [0.25, 0.3) is 0 Å². The van der Waals surface area contributed by atoms with Crippen LogP contribution in [0.1, 0.15) is 29.4 Å². The Hall–Kier alpha value is -2.17. The molecule has 2 aromatic rings. The highest BCUT2D eigenvalue weighted by atomic mass is 127. The van der Waals surface area contributed by atoms with Gasteiger partial charge in [0.15, 0.2) is 17.5 Å². The molecule has 0 fully saturated rings. The van der Waals surface area contributed by atoms with Crippen LogP contribution in [0, 0.1) is 13.8 Å². The van der Waals surface area contributed by atoms with Gasteiger partial charge in [0.05, 0.1) is 27.0 Å².